The quantitative estimate of drug-likeness (QED) is 0.164. The predicted molar refractivity (Wildman–Crippen MR) is 277 cm³/mol. The third kappa shape index (κ3) is 8.95. The van der Waals surface area contributed by atoms with Gasteiger partial charge in [-0.3, -0.25) is 29.3 Å². The first-order valence-corrected chi connectivity index (χ1v) is 27.5. The molecule has 7 fully saturated rings. The second kappa shape index (κ2) is 19.4. The lowest BCUT2D eigenvalue weighted by Crippen LogP contribution is -2.59. The number of fused-ring (bicyclic) bond motifs is 3. The second-order valence-electron chi connectivity index (χ2n) is 22.8. The summed E-state index contributed by atoms with van der Waals surface area (Å²) in [6.45, 7) is 9.69. The van der Waals surface area contributed by atoms with Gasteiger partial charge in [-0.25, -0.2) is 15.0 Å². The molecule has 386 valence electrons. The highest BCUT2D eigenvalue weighted by molar-refractivity contribution is 6.09. The van der Waals surface area contributed by atoms with Gasteiger partial charge in [0.2, 0.25) is 29.5 Å². The van der Waals surface area contributed by atoms with Crippen molar-refractivity contribution in [3.8, 4) is 11.3 Å². The van der Waals surface area contributed by atoms with E-state index in [1.807, 2.05) is 28.3 Å². The number of piperidine rings is 5. The van der Waals surface area contributed by atoms with Gasteiger partial charge in [-0.15, -0.1) is 0 Å². The lowest BCUT2D eigenvalue weighted by atomic mass is 9.73. The number of hydrogen-bond acceptors (Lipinski definition) is 12. The number of aromatic nitrogens is 4. The molecule has 17 heteroatoms. The Morgan fingerprint density at radius 3 is 2.27 bits per heavy atom. The van der Waals surface area contributed by atoms with Crippen LogP contribution in [0.2, 0.25) is 0 Å². The summed E-state index contributed by atoms with van der Waals surface area (Å²) in [7, 11) is 1.66. The van der Waals surface area contributed by atoms with E-state index in [9.17, 15) is 19.2 Å². The van der Waals surface area contributed by atoms with Crippen molar-refractivity contribution < 1.29 is 28.7 Å². The summed E-state index contributed by atoms with van der Waals surface area (Å²) < 4.78 is 8.09. The molecule has 6 aliphatic heterocycles. The predicted octanol–water partition coefficient (Wildman–Crippen LogP) is 6.17. The van der Waals surface area contributed by atoms with Gasteiger partial charge < -0.3 is 39.1 Å². The Labute approximate surface area is 427 Å². The van der Waals surface area contributed by atoms with Crippen LogP contribution >= 0.6 is 0 Å². The minimum absolute atomic E-state index is 0.0364. The molecule has 8 aliphatic rings. The molecule has 9 heterocycles. The number of rotatable bonds is 11. The highest BCUT2D eigenvalue weighted by atomic mass is 16.5. The summed E-state index contributed by atoms with van der Waals surface area (Å²) in [5.74, 6) is 0.468. The summed E-state index contributed by atoms with van der Waals surface area (Å²) >= 11 is 0. The monoisotopic (exact) mass is 994 g/mol. The molecule has 1 aromatic carbocycles. The molecule has 5 saturated heterocycles. The number of imidazole rings is 1. The molecule has 0 radical (unpaired) electrons. The van der Waals surface area contributed by atoms with E-state index in [0.717, 1.165) is 89.5 Å². The zero-order chi connectivity index (χ0) is 50.1. The molecule has 4 aromatic rings. The van der Waals surface area contributed by atoms with Crippen LogP contribution in [-0.4, -0.2) is 147 Å². The number of nitrogens with zero attached hydrogens (tertiary/aromatic N) is 9. The number of methoxy groups -OCH3 is 1. The fourth-order valence-corrected chi connectivity index (χ4v) is 13.4. The van der Waals surface area contributed by atoms with Crippen LogP contribution in [0.4, 0.5) is 17.3 Å². The molecule has 2 aliphatic carbocycles. The SMILES string of the molecule is COC1CC(C(=O)N2CCC3(CC2)C(=O)N(C2CC(N4CCCCC4)C2)c2cc(-c4cc5ncn(C(C)C)c5c(NC5CC5)n4)ccc23)CN(C(=O)C2CCN(c3ccc(C4CCC(=O)NC4=O)cn3)CC2)C1. The first kappa shape index (κ1) is 48.0. The zero-order valence-corrected chi connectivity index (χ0v) is 42.8. The summed E-state index contributed by atoms with van der Waals surface area (Å²) in [6.07, 6.45) is 15.1. The second-order valence-corrected chi connectivity index (χ2v) is 22.8. The van der Waals surface area contributed by atoms with Crippen molar-refractivity contribution in [1.29, 1.82) is 0 Å². The number of pyridine rings is 2. The van der Waals surface area contributed by atoms with Crippen molar-refractivity contribution in [2.75, 3.05) is 74.6 Å². The number of benzene rings is 1. The van der Waals surface area contributed by atoms with Gasteiger partial charge in [0.1, 0.15) is 11.3 Å². The fraction of sp³-hybridized carbons (Fsp3) is 0.607. The molecule has 3 unspecified atom stereocenters. The number of nitrogens with one attached hydrogen (secondary N) is 2. The Morgan fingerprint density at radius 2 is 1.58 bits per heavy atom. The van der Waals surface area contributed by atoms with Crippen LogP contribution in [0.25, 0.3) is 22.3 Å². The fourth-order valence-electron chi connectivity index (χ4n) is 13.4. The molecule has 2 saturated carbocycles. The summed E-state index contributed by atoms with van der Waals surface area (Å²) in [6, 6.07) is 13.7. The topological polar surface area (TPSA) is 178 Å². The molecule has 5 amide bonds. The van der Waals surface area contributed by atoms with E-state index in [1.54, 1.807) is 13.3 Å². The number of anilines is 3. The van der Waals surface area contributed by atoms with Crippen molar-refractivity contribution in [3.05, 3.63) is 60.0 Å². The van der Waals surface area contributed by atoms with Gasteiger partial charge in [0, 0.05) is 100 Å². The molecule has 1 spiro atoms. The first-order chi connectivity index (χ1) is 35.4. The van der Waals surface area contributed by atoms with Crippen molar-refractivity contribution >= 4 is 57.9 Å². The van der Waals surface area contributed by atoms with Gasteiger partial charge in [-0.05, 0) is 133 Å². The maximum atomic E-state index is 15.3. The first-order valence-electron chi connectivity index (χ1n) is 27.5. The van der Waals surface area contributed by atoms with E-state index < -0.39 is 11.3 Å². The zero-order valence-electron chi connectivity index (χ0n) is 42.8. The third-order valence-corrected chi connectivity index (χ3v) is 18.0. The standard InChI is InChI=1S/C56H71N11O6/c1-34(2)66-33-58-46-29-45(60-51(50(46)66)59-39-9-10-39)36-7-12-44-47(26-36)67(41-27-40(28-41)62-19-5-4-6-20-62)55(72)56(44)17-23-64(24-18-56)54(71)38-25-42(73-3)32-65(31-38)53(70)35-15-21-63(22-16-35)48-13-8-37(30-57-48)43-11-14-49(68)61-52(43)69/h7-8,12-13,26,29-30,33-35,38-43H,4-6,9-11,14-25,27-28,31-32H2,1-3H3,(H,59,60)(H,61,68,69). The number of likely N-dealkylation sites (tertiary alicyclic amines) is 3. The maximum absolute atomic E-state index is 15.3. The van der Waals surface area contributed by atoms with E-state index in [0.29, 0.717) is 96.3 Å². The van der Waals surface area contributed by atoms with Crippen LogP contribution in [0.3, 0.4) is 0 Å². The van der Waals surface area contributed by atoms with E-state index in [2.05, 4.69) is 73.0 Å². The van der Waals surface area contributed by atoms with Gasteiger partial charge in [-0.1, -0.05) is 24.6 Å². The average molecular weight is 994 g/mol. The van der Waals surface area contributed by atoms with Crippen molar-refractivity contribution in [2.24, 2.45) is 11.8 Å². The summed E-state index contributed by atoms with van der Waals surface area (Å²) in [5, 5.41) is 6.13. The average Bonchev–Trinajstić information content (AvgIpc) is 4.07. The molecule has 17 nitrogen and oxygen atoms in total. The van der Waals surface area contributed by atoms with E-state index in [-0.39, 0.29) is 59.6 Å². The van der Waals surface area contributed by atoms with Gasteiger partial charge in [0.25, 0.3) is 0 Å². The van der Waals surface area contributed by atoms with Gasteiger partial charge in [0.05, 0.1) is 40.9 Å². The Balaban J connectivity index is 0.734. The Kier molecular flexibility index (Phi) is 12.8. The van der Waals surface area contributed by atoms with E-state index in [1.165, 1.54) is 19.3 Å². The molecular weight excluding hydrogens is 923 g/mol. The Morgan fingerprint density at radius 1 is 0.808 bits per heavy atom. The molecule has 3 aromatic heterocycles. The minimum Gasteiger partial charge on any atom is -0.380 e. The smallest absolute Gasteiger partial charge is 0.238 e. The van der Waals surface area contributed by atoms with Crippen LogP contribution in [0.1, 0.15) is 127 Å². The molecule has 3 atom stereocenters. The van der Waals surface area contributed by atoms with Gasteiger partial charge in [-0.2, -0.15) is 0 Å². The number of amides is 5. The van der Waals surface area contributed by atoms with Crippen molar-refractivity contribution in [3.63, 3.8) is 0 Å². The van der Waals surface area contributed by atoms with Gasteiger partial charge in [0.15, 0.2) is 5.82 Å². The van der Waals surface area contributed by atoms with Gasteiger partial charge >= 0.3 is 0 Å². The molecular formula is C56H71N11O6. The molecule has 73 heavy (non-hydrogen) atoms. The Hall–Kier alpha value is -5.94. The van der Waals surface area contributed by atoms with Crippen molar-refractivity contribution in [2.45, 2.75) is 145 Å². The highest BCUT2D eigenvalue weighted by Crippen LogP contribution is 2.52. The molecule has 0 bridgehead atoms. The molecule has 2 N–H and O–H groups in total. The number of ether oxygens (including phenoxy) is 1. The normalized spacial score (nSPS) is 26.9. The number of carbonyl (C=O) groups is 5. The third-order valence-electron chi connectivity index (χ3n) is 18.0. The maximum Gasteiger partial charge on any atom is 0.238 e. The lowest BCUT2D eigenvalue weighted by Gasteiger charge is -2.48. The summed E-state index contributed by atoms with van der Waals surface area (Å²) in [4.78, 5) is 94.0. The Bertz CT molecular complexity index is 2780. The number of carbonyl (C=O) groups excluding carboxylic acids is 5. The largest absolute Gasteiger partial charge is 0.380 e. The number of hydrogen-bond donors (Lipinski definition) is 2. The van der Waals surface area contributed by atoms with Crippen LogP contribution in [0.15, 0.2) is 48.9 Å². The number of imide groups is 1. The van der Waals surface area contributed by atoms with E-state index >= 15 is 4.79 Å². The lowest BCUT2D eigenvalue weighted by molar-refractivity contribution is -0.149. The van der Waals surface area contributed by atoms with Crippen LogP contribution in [-0.2, 0) is 34.1 Å². The highest BCUT2D eigenvalue weighted by Gasteiger charge is 2.56. The van der Waals surface area contributed by atoms with E-state index in [4.69, 9.17) is 14.7 Å². The van der Waals surface area contributed by atoms with Crippen molar-refractivity contribution in [1.82, 2.24) is 39.5 Å². The molecule has 12 rings (SSSR count). The van der Waals surface area contributed by atoms with Crippen LogP contribution in [0.5, 0.6) is 0 Å². The summed E-state index contributed by atoms with van der Waals surface area (Å²) in [5.41, 5.74) is 5.87. The van der Waals surface area contributed by atoms with Crippen LogP contribution < -0.4 is 20.4 Å². The minimum atomic E-state index is -0.726. The van der Waals surface area contributed by atoms with Crippen LogP contribution in [0, 0.1) is 11.8 Å².